The third kappa shape index (κ3) is 5.20. The standard InChI is InChI=1S/C25H28FN5S/c1-18-6-8-20(9-7-18)16-23(17-27)32-25-29-28-24(19(2)30-14-4-3-5-15-30)31(25)22-12-10-21(26)11-13-22/h6-13,19,23H,3-5,14-16H2,1-2H3/t19-,23+/m0/s1. The van der Waals surface area contributed by atoms with Crippen molar-refractivity contribution >= 4 is 11.8 Å². The third-order valence-electron chi connectivity index (χ3n) is 5.99. The number of aromatic nitrogens is 3. The highest BCUT2D eigenvalue weighted by Crippen LogP contribution is 2.32. The van der Waals surface area contributed by atoms with Crippen LogP contribution in [0.2, 0.25) is 0 Å². The van der Waals surface area contributed by atoms with Gasteiger partial charge >= 0.3 is 0 Å². The zero-order valence-electron chi connectivity index (χ0n) is 18.5. The third-order valence-corrected chi connectivity index (χ3v) is 7.02. The summed E-state index contributed by atoms with van der Waals surface area (Å²) in [6, 6.07) is 17.1. The Kier molecular flexibility index (Phi) is 7.23. The van der Waals surface area contributed by atoms with Gasteiger partial charge in [-0.25, -0.2) is 4.39 Å². The van der Waals surface area contributed by atoms with Gasteiger partial charge < -0.3 is 0 Å². The van der Waals surface area contributed by atoms with E-state index in [1.807, 2.05) is 4.57 Å². The van der Waals surface area contributed by atoms with E-state index < -0.39 is 0 Å². The second-order valence-electron chi connectivity index (χ2n) is 8.35. The molecule has 0 saturated carbocycles. The summed E-state index contributed by atoms with van der Waals surface area (Å²) < 4.78 is 15.6. The van der Waals surface area contributed by atoms with E-state index in [-0.39, 0.29) is 17.1 Å². The number of likely N-dealkylation sites (tertiary alicyclic amines) is 1. The molecule has 1 aliphatic heterocycles. The van der Waals surface area contributed by atoms with E-state index in [1.54, 1.807) is 12.1 Å². The van der Waals surface area contributed by atoms with Crippen LogP contribution in [-0.2, 0) is 6.42 Å². The molecule has 0 unspecified atom stereocenters. The Balaban J connectivity index is 1.64. The fourth-order valence-electron chi connectivity index (χ4n) is 4.11. The fourth-order valence-corrected chi connectivity index (χ4v) is 5.08. The van der Waals surface area contributed by atoms with Gasteiger partial charge in [0.1, 0.15) is 11.1 Å². The average molecular weight is 450 g/mol. The Morgan fingerprint density at radius 3 is 2.38 bits per heavy atom. The molecule has 2 atom stereocenters. The topological polar surface area (TPSA) is 57.7 Å². The van der Waals surface area contributed by atoms with E-state index >= 15 is 0 Å². The lowest BCUT2D eigenvalue weighted by Crippen LogP contribution is -2.33. The highest BCUT2D eigenvalue weighted by Gasteiger charge is 2.27. The van der Waals surface area contributed by atoms with Crippen molar-refractivity contribution in [3.8, 4) is 11.8 Å². The summed E-state index contributed by atoms with van der Waals surface area (Å²) in [4.78, 5) is 2.43. The smallest absolute Gasteiger partial charge is 0.197 e. The molecule has 0 radical (unpaired) electrons. The predicted molar refractivity (Wildman–Crippen MR) is 125 cm³/mol. The minimum absolute atomic E-state index is 0.0832. The van der Waals surface area contributed by atoms with Gasteiger partial charge in [0.15, 0.2) is 11.0 Å². The molecule has 1 aromatic heterocycles. The number of thioether (sulfide) groups is 1. The molecule has 7 heteroatoms. The molecule has 0 N–H and O–H groups in total. The van der Waals surface area contributed by atoms with Gasteiger partial charge in [-0.3, -0.25) is 9.47 Å². The average Bonchev–Trinajstić information content (AvgIpc) is 3.24. The van der Waals surface area contributed by atoms with E-state index in [0.29, 0.717) is 11.6 Å². The number of aryl methyl sites for hydroxylation is 1. The number of nitrogens with zero attached hydrogens (tertiary/aromatic N) is 5. The Bertz CT molecular complexity index is 1070. The van der Waals surface area contributed by atoms with Crippen LogP contribution in [0.3, 0.4) is 0 Å². The maximum atomic E-state index is 13.6. The monoisotopic (exact) mass is 449 g/mol. The van der Waals surface area contributed by atoms with Gasteiger partial charge in [-0.2, -0.15) is 5.26 Å². The number of halogens is 1. The van der Waals surface area contributed by atoms with Crippen LogP contribution >= 0.6 is 11.8 Å². The van der Waals surface area contributed by atoms with Crippen LogP contribution in [0.1, 0.15) is 49.2 Å². The van der Waals surface area contributed by atoms with Crippen molar-refractivity contribution in [2.75, 3.05) is 13.1 Å². The van der Waals surface area contributed by atoms with Gasteiger partial charge in [-0.05, 0) is 76.0 Å². The predicted octanol–water partition coefficient (Wildman–Crippen LogP) is 5.49. The molecule has 2 heterocycles. The molecule has 166 valence electrons. The minimum atomic E-state index is -0.306. The quantitative estimate of drug-likeness (QED) is 0.447. The maximum absolute atomic E-state index is 13.6. The van der Waals surface area contributed by atoms with Crippen molar-refractivity contribution in [2.45, 2.75) is 56.0 Å². The number of hydrogen-bond donors (Lipinski definition) is 0. The summed E-state index contributed by atoms with van der Waals surface area (Å²) in [7, 11) is 0. The van der Waals surface area contributed by atoms with E-state index in [4.69, 9.17) is 0 Å². The molecule has 1 aliphatic rings. The first-order chi connectivity index (χ1) is 15.5. The fraction of sp³-hybridized carbons (Fsp3) is 0.400. The van der Waals surface area contributed by atoms with Crippen molar-refractivity contribution in [1.82, 2.24) is 19.7 Å². The molecule has 5 nitrogen and oxygen atoms in total. The van der Waals surface area contributed by atoms with Crippen molar-refractivity contribution in [2.24, 2.45) is 0 Å². The molecule has 0 bridgehead atoms. The summed E-state index contributed by atoms with van der Waals surface area (Å²) in [5, 5.41) is 19.2. The van der Waals surface area contributed by atoms with Crippen molar-refractivity contribution < 1.29 is 4.39 Å². The van der Waals surface area contributed by atoms with E-state index in [0.717, 1.165) is 30.2 Å². The molecule has 1 saturated heterocycles. The zero-order valence-corrected chi connectivity index (χ0v) is 19.4. The summed E-state index contributed by atoms with van der Waals surface area (Å²) in [5.41, 5.74) is 3.12. The van der Waals surface area contributed by atoms with Crippen LogP contribution in [0.5, 0.6) is 0 Å². The van der Waals surface area contributed by atoms with Crippen molar-refractivity contribution in [3.05, 3.63) is 71.3 Å². The van der Waals surface area contributed by atoms with Gasteiger partial charge in [0.2, 0.25) is 0 Å². The lowest BCUT2D eigenvalue weighted by molar-refractivity contribution is 0.167. The summed E-state index contributed by atoms with van der Waals surface area (Å²) in [5.74, 6) is 0.545. The SMILES string of the molecule is Cc1ccc(C[C@H](C#N)Sc2nnc([C@H](C)N3CCCCC3)n2-c2ccc(F)cc2)cc1. The first-order valence-corrected chi connectivity index (χ1v) is 12.0. The van der Waals surface area contributed by atoms with Crippen LogP contribution in [0.25, 0.3) is 5.69 Å². The second kappa shape index (κ2) is 10.3. The highest BCUT2D eigenvalue weighted by atomic mass is 32.2. The van der Waals surface area contributed by atoms with Gasteiger partial charge in [0, 0.05) is 5.69 Å². The molecule has 1 fully saturated rings. The lowest BCUT2D eigenvalue weighted by Gasteiger charge is -2.31. The van der Waals surface area contributed by atoms with Gasteiger partial charge in [-0.1, -0.05) is 48.0 Å². The first kappa shape index (κ1) is 22.5. The van der Waals surface area contributed by atoms with Crippen LogP contribution < -0.4 is 0 Å². The Labute approximate surface area is 193 Å². The number of piperidine rings is 1. The number of nitriles is 1. The molecular weight excluding hydrogens is 421 g/mol. The highest BCUT2D eigenvalue weighted by molar-refractivity contribution is 8.00. The first-order valence-electron chi connectivity index (χ1n) is 11.1. The second-order valence-corrected chi connectivity index (χ2v) is 9.52. The molecule has 3 aromatic rings. The van der Waals surface area contributed by atoms with Crippen LogP contribution in [0.4, 0.5) is 4.39 Å². The van der Waals surface area contributed by atoms with Crippen molar-refractivity contribution in [3.63, 3.8) is 0 Å². The normalized spacial score (nSPS) is 16.4. The largest absolute Gasteiger partial charge is 0.294 e. The van der Waals surface area contributed by atoms with E-state index in [2.05, 4.69) is 59.3 Å². The van der Waals surface area contributed by atoms with Crippen molar-refractivity contribution in [1.29, 1.82) is 5.26 Å². The molecule has 4 rings (SSSR count). The minimum Gasteiger partial charge on any atom is -0.294 e. The van der Waals surface area contributed by atoms with Crippen LogP contribution in [0, 0.1) is 24.1 Å². The zero-order chi connectivity index (χ0) is 22.5. The van der Waals surface area contributed by atoms with Gasteiger partial charge in [0.05, 0.1) is 12.1 Å². The van der Waals surface area contributed by atoms with Crippen LogP contribution in [-0.4, -0.2) is 38.0 Å². The summed E-state index contributed by atoms with van der Waals surface area (Å²) in [6.45, 7) is 6.27. The summed E-state index contributed by atoms with van der Waals surface area (Å²) >= 11 is 1.41. The molecule has 2 aromatic carbocycles. The summed E-state index contributed by atoms with van der Waals surface area (Å²) in [6.07, 6.45) is 4.25. The van der Waals surface area contributed by atoms with E-state index in [1.165, 1.54) is 48.7 Å². The number of hydrogen-bond acceptors (Lipinski definition) is 5. The van der Waals surface area contributed by atoms with Gasteiger partial charge in [0.25, 0.3) is 0 Å². The van der Waals surface area contributed by atoms with E-state index in [9.17, 15) is 9.65 Å². The Morgan fingerprint density at radius 2 is 1.72 bits per heavy atom. The Hall–Kier alpha value is -2.69. The molecule has 0 aliphatic carbocycles. The molecule has 0 spiro atoms. The van der Waals surface area contributed by atoms with Crippen LogP contribution in [0.15, 0.2) is 53.7 Å². The molecule has 0 amide bonds. The lowest BCUT2D eigenvalue weighted by atomic mass is 10.1. The Morgan fingerprint density at radius 1 is 1.03 bits per heavy atom. The number of benzene rings is 2. The maximum Gasteiger partial charge on any atom is 0.197 e. The number of rotatable bonds is 7. The van der Waals surface area contributed by atoms with Gasteiger partial charge in [-0.15, -0.1) is 10.2 Å². The molecular formula is C25H28FN5S. The molecule has 32 heavy (non-hydrogen) atoms.